The topological polar surface area (TPSA) is 69.7 Å². The molecule has 0 bridgehead atoms. The largest absolute Gasteiger partial charge is 0.341 e. The predicted molar refractivity (Wildman–Crippen MR) is 94.1 cm³/mol. The number of rotatable bonds is 7. The van der Waals surface area contributed by atoms with Gasteiger partial charge in [-0.15, -0.1) is 0 Å². The molecule has 25 heavy (non-hydrogen) atoms. The molecule has 1 heterocycles. The van der Waals surface area contributed by atoms with E-state index >= 15 is 0 Å². The van der Waals surface area contributed by atoms with Crippen molar-refractivity contribution in [2.24, 2.45) is 0 Å². The fraction of sp³-hybridized carbons (Fsp3) is 0.588. The molecule has 1 aliphatic heterocycles. The molecule has 0 radical (unpaired) electrons. The van der Waals surface area contributed by atoms with Crippen LogP contribution in [0.2, 0.25) is 0 Å². The quantitative estimate of drug-likeness (QED) is 0.787. The van der Waals surface area contributed by atoms with E-state index in [2.05, 4.69) is 5.32 Å². The van der Waals surface area contributed by atoms with Crippen molar-refractivity contribution in [2.75, 3.05) is 33.7 Å². The predicted octanol–water partition coefficient (Wildman–Crippen LogP) is 1.44. The van der Waals surface area contributed by atoms with Crippen LogP contribution in [0.4, 0.5) is 4.39 Å². The van der Waals surface area contributed by atoms with Gasteiger partial charge in [0, 0.05) is 39.1 Å². The van der Waals surface area contributed by atoms with Crippen LogP contribution in [0.3, 0.4) is 0 Å². The highest BCUT2D eigenvalue weighted by Crippen LogP contribution is 2.16. The van der Waals surface area contributed by atoms with Crippen molar-refractivity contribution in [3.8, 4) is 0 Å². The number of likely N-dealkylation sites (tertiary alicyclic amines) is 1. The zero-order valence-corrected chi connectivity index (χ0v) is 15.6. The van der Waals surface area contributed by atoms with Gasteiger partial charge in [0.1, 0.15) is 5.82 Å². The Hall–Kier alpha value is -1.51. The first-order chi connectivity index (χ1) is 11.8. The molecule has 1 N–H and O–H groups in total. The van der Waals surface area contributed by atoms with E-state index in [4.69, 9.17) is 0 Å². The first kappa shape index (κ1) is 19.8. The van der Waals surface area contributed by atoms with E-state index in [1.54, 1.807) is 0 Å². The van der Waals surface area contributed by atoms with Gasteiger partial charge >= 0.3 is 0 Å². The Balaban J connectivity index is 1.84. The Morgan fingerprint density at radius 1 is 1.36 bits per heavy atom. The second-order valence-corrected chi connectivity index (χ2v) is 8.40. The number of benzene rings is 1. The summed E-state index contributed by atoms with van der Waals surface area (Å²) in [7, 11) is -0.289. The Labute approximate surface area is 149 Å². The summed E-state index contributed by atoms with van der Waals surface area (Å²) in [5.41, 5.74) is 0. The molecule has 6 nitrogen and oxygen atoms in total. The number of halogens is 1. The Bertz CT molecular complexity index is 679. The number of carbonyl (C=O) groups excluding carboxylic acids is 1. The Morgan fingerprint density at radius 2 is 2.04 bits per heavy atom. The van der Waals surface area contributed by atoms with E-state index in [1.807, 2.05) is 11.9 Å². The van der Waals surface area contributed by atoms with Crippen LogP contribution in [0.15, 0.2) is 29.2 Å². The van der Waals surface area contributed by atoms with Crippen LogP contribution < -0.4 is 5.32 Å². The van der Waals surface area contributed by atoms with Gasteiger partial charge in [-0.25, -0.2) is 17.1 Å². The van der Waals surface area contributed by atoms with Gasteiger partial charge in [0.25, 0.3) is 0 Å². The number of carbonyl (C=O) groups is 1. The van der Waals surface area contributed by atoms with Gasteiger partial charge < -0.3 is 10.2 Å². The minimum absolute atomic E-state index is 0.0515. The second-order valence-electron chi connectivity index (χ2n) is 6.35. The molecule has 1 aromatic rings. The number of hydrogen-bond acceptors (Lipinski definition) is 4. The summed E-state index contributed by atoms with van der Waals surface area (Å²) in [6.07, 6.45) is 2.82. The fourth-order valence-corrected chi connectivity index (χ4v) is 4.17. The number of hydrogen-bond donors (Lipinski definition) is 1. The second kappa shape index (κ2) is 8.73. The number of piperidine rings is 1. The van der Waals surface area contributed by atoms with E-state index in [0.717, 1.165) is 31.5 Å². The van der Waals surface area contributed by atoms with Crippen molar-refractivity contribution in [2.45, 2.75) is 36.6 Å². The van der Waals surface area contributed by atoms with E-state index in [-0.39, 0.29) is 17.3 Å². The Morgan fingerprint density at radius 3 is 2.68 bits per heavy atom. The zero-order valence-electron chi connectivity index (χ0n) is 14.7. The molecule has 0 aromatic heterocycles. The summed E-state index contributed by atoms with van der Waals surface area (Å²) in [5.74, 6) is -0.416. The maximum absolute atomic E-state index is 12.9. The van der Waals surface area contributed by atoms with Crippen LogP contribution in [0, 0.1) is 5.82 Å². The monoisotopic (exact) mass is 371 g/mol. The lowest BCUT2D eigenvalue weighted by Gasteiger charge is -2.32. The smallest absolute Gasteiger partial charge is 0.242 e. The minimum atomic E-state index is -3.66. The van der Waals surface area contributed by atoms with Crippen LogP contribution in [0.1, 0.15) is 25.7 Å². The van der Waals surface area contributed by atoms with Gasteiger partial charge in [-0.3, -0.25) is 4.79 Å². The van der Waals surface area contributed by atoms with Crippen LogP contribution in [0.25, 0.3) is 0 Å². The lowest BCUT2D eigenvalue weighted by molar-refractivity contribution is -0.132. The number of likely N-dealkylation sites (N-methyl/N-ethyl adjacent to an activating group) is 1. The molecule has 1 amide bonds. The van der Waals surface area contributed by atoms with E-state index in [9.17, 15) is 17.6 Å². The fourth-order valence-electron chi connectivity index (χ4n) is 2.96. The van der Waals surface area contributed by atoms with Crippen LogP contribution in [-0.2, 0) is 14.8 Å². The molecule has 0 saturated carbocycles. The van der Waals surface area contributed by atoms with Crippen molar-refractivity contribution in [3.05, 3.63) is 30.1 Å². The maximum atomic E-state index is 12.9. The molecule has 0 aliphatic carbocycles. The summed E-state index contributed by atoms with van der Waals surface area (Å²) in [6.45, 7) is 1.72. The molecule has 140 valence electrons. The zero-order chi connectivity index (χ0) is 18.4. The summed E-state index contributed by atoms with van der Waals surface area (Å²) in [5, 5.41) is 3.20. The van der Waals surface area contributed by atoms with Crippen molar-refractivity contribution in [3.63, 3.8) is 0 Å². The highest BCUT2D eigenvalue weighted by atomic mass is 32.2. The number of nitrogens with one attached hydrogen (secondary N) is 1. The van der Waals surface area contributed by atoms with E-state index in [0.29, 0.717) is 25.4 Å². The number of amides is 1. The average molecular weight is 371 g/mol. The lowest BCUT2D eigenvalue weighted by atomic mass is 10.1. The molecule has 1 atom stereocenters. The molecule has 1 fully saturated rings. The first-order valence-electron chi connectivity index (χ1n) is 8.51. The molecular formula is C17H26FN3O3S. The van der Waals surface area contributed by atoms with E-state index < -0.39 is 15.8 Å². The third kappa shape index (κ3) is 5.23. The van der Waals surface area contributed by atoms with Gasteiger partial charge in [0.2, 0.25) is 15.9 Å². The van der Waals surface area contributed by atoms with Gasteiger partial charge in [0.05, 0.1) is 4.90 Å². The molecule has 2 rings (SSSR count). The van der Waals surface area contributed by atoms with Crippen LogP contribution in [0.5, 0.6) is 0 Å². The van der Waals surface area contributed by atoms with Crippen molar-refractivity contribution >= 4 is 15.9 Å². The van der Waals surface area contributed by atoms with Crippen LogP contribution in [-0.4, -0.2) is 63.3 Å². The first-order valence-corrected chi connectivity index (χ1v) is 9.95. The lowest BCUT2D eigenvalue weighted by Crippen LogP contribution is -2.47. The van der Waals surface area contributed by atoms with Crippen molar-refractivity contribution in [1.29, 1.82) is 0 Å². The summed E-state index contributed by atoms with van der Waals surface area (Å²) < 4.78 is 39.0. The SMILES string of the molecule is CNC1CCCN(C(=O)CCCN(C)S(=O)(=O)c2ccc(F)cc2)C1. The van der Waals surface area contributed by atoms with Gasteiger partial charge in [-0.2, -0.15) is 0 Å². The molecule has 8 heteroatoms. The molecule has 0 spiro atoms. The molecule has 1 aliphatic rings. The molecule has 1 aromatic carbocycles. The number of sulfonamides is 1. The molecule has 1 unspecified atom stereocenters. The third-order valence-corrected chi connectivity index (χ3v) is 6.44. The highest BCUT2D eigenvalue weighted by Gasteiger charge is 2.24. The summed E-state index contributed by atoms with van der Waals surface area (Å²) >= 11 is 0. The number of nitrogens with zero attached hydrogens (tertiary/aromatic N) is 2. The van der Waals surface area contributed by atoms with Crippen molar-refractivity contribution < 1.29 is 17.6 Å². The minimum Gasteiger partial charge on any atom is -0.341 e. The molecule has 1 saturated heterocycles. The standard InChI is InChI=1S/C17H26FN3O3S/c1-19-15-5-3-12-21(13-15)17(22)6-4-11-20(2)25(23,24)16-9-7-14(18)8-10-16/h7-10,15,19H,3-6,11-13H2,1-2H3. The summed E-state index contributed by atoms with van der Waals surface area (Å²) in [6, 6.07) is 5.08. The molecular weight excluding hydrogens is 345 g/mol. The summed E-state index contributed by atoms with van der Waals surface area (Å²) in [4.78, 5) is 14.2. The van der Waals surface area contributed by atoms with E-state index in [1.165, 1.54) is 23.5 Å². The normalized spacial score (nSPS) is 18.6. The third-order valence-electron chi connectivity index (χ3n) is 4.57. The van der Waals surface area contributed by atoms with Gasteiger partial charge in [-0.1, -0.05) is 0 Å². The van der Waals surface area contributed by atoms with Crippen molar-refractivity contribution in [1.82, 2.24) is 14.5 Å². The van der Waals surface area contributed by atoms with Crippen LogP contribution >= 0.6 is 0 Å². The van der Waals surface area contributed by atoms with Gasteiger partial charge in [-0.05, 0) is 50.6 Å². The average Bonchev–Trinajstić information content (AvgIpc) is 2.61. The maximum Gasteiger partial charge on any atom is 0.242 e. The van der Waals surface area contributed by atoms with Gasteiger partial charge in [0.15, 0.2) is 0 Å². The highest BCUT2D eigenvalue weighted by molar-refractivity contribution is 7.89. The Kier molecular flexibility index (Phi) is 6.92.